The lowest BCUT2D eigenvalue weighted by Crippen LogP contribution is -2.29. The molecule has 0 aromatic rings. The highest BCUT2D eigenvalue weighted by molar-refractivity contribution is 5.81. The van der Waals surface area contributed by atoms with Crippen molar-refractivity contribution in [2.75, 3.05) is 33.0 Å². The quantitative estimate of drug-likeness (QED) is 0.241. The van der Waals surface area contributed by atoms with Crippen LogP contribution in [0.2, 0.25) is 0 Å². The molecule has 1 fully saturated rings. The Morgan fingerprint density at radius 3 is 2.61 bits per heavy atom. The fourth-order valence-electron chi connectivity index (χ4n) is 3.72. The lowest BCUT2D eigenvalue weighted by Gasteiger charge is -2.15. The first-order chi connectivity index (χ1) is 16.0. The first-order valence-corrected chi connectivity index (χ1v) is 10.7. The van der Waals surface area contributed by atoms with Gasteiger partial charge in [0.2, 0.25) is 1.43 Å². The van der Waals surface area contributed by atoms with Crippen LogP contribution in [0.25, 0.3) is 0 Å². The van der Waals surface area contributed by atoms with Crippen LogP contribution in [-0.4, -0.2) is 63.5 Å². The third-order valence-electron chi connectivity index (χ3n) is 5.45. The highest BCUT2D eigenvalue weighted by Gasteiger charge is 2.49. The Morgan fingerprint density at radius 2 is 1.97 bits per heavy atom. The molecule has 2 N–H and O–H groups in total. The number of hydrogen-bond acceptors (Lipinski definition) is 7. The van der Waals surface area contributed by atoms with Gasteiger partial charge in [0.25, 0.3) is 0 Å². The number of rotatable bonds is 14. The maximum atomic E-state index is 11.9. The number of Topliss-reactive ketones (excluding diaryl/α,β-unsaturated/α-hetero) is 1. The highest BCUT2D eigenvalue weighted by Crippen LogP contribution is 2.52. The maximum absolute atomic E-state index is 11.9. The number of carbonyl (C=O) groups is 3. The molecule has 1 amide bonds. The lowest BCUT2D eigenvalue weighted by atomic mass is 10.1. The average Bonchev–Trinajstić information content (AvgIpc) is 3.43. The zero-order valence-corrected chi connectivity index (χ0v) is 18.7. The SMILES string of the molecule is [2H]OCC(COCCCNC(=O)OCC1[C@H]2CCC#CCC[C@@H]12)OC(=O)CCC(C)=O.[3H]C. The van der Waals surface area contributed by atoms with Crippen LogP contribution in [0.15, 0.2) is 0 Å². The van der Waals surface area contributed by atoms with Crippen molar-refractivity contribution in [3.05, 3.63) is 0 Å². The summed E-state index contributed by atoms with van der Waals surface area (Å²) in [5.74, 6) is 7.48. The molecule has 1 saturated carbocycles. The summed E-state index contributed by atoms with van der Waals surface area (Å²) in [5.41, 5.74) is 0. The van der Waals surface area contributed by atoms with Gasteiger partial charge in [-0.05, 0) is 43.9 Å². The minimum absolute atomic E-state index is 0.00794. The van der Waals surface area contributed by atoms with Crippen molar-refractivity contribution in [1.29, 1.82) is 1.43 Å². The van der Waals surface area contributed by atoms with Crippen LogP contribution in [0.4, 0.5) is 4.79 Å². The molecule has 8 nitrogen and oxygen atoms in total. The number of hydrogen-bond donors (Lipinski definition) is 2. The molecule has 31 heavy (non-hydrogen) atoms. The molecular formula is C23H37NO7. The van der Waals surface area contributed by atoms with E-state index in [1.807, 2.05) is 0 Å². The third kappa shape index (κ3) is 10.7. The Kier molecular flexibility index (Phi) is 11.3. The number of carbonyl (C=O) groups excluding carboxylic acids is 3. The minimum Gasteiger partial charge on any atom is -0.457 e. The van der Waals surface area contributed by atoms with Gasteiger partial charge in [-0.1, -0.05) is 7.40 Å². The van der Waals surface area contributed by atoms with Gasteiger partial charge < -0.3 is 29.4 Å². The molecule has 0 bridgehead atoms. The Balaban J connectivity index is 0.00000265. The van der Waals surface area contributed by atoms with Gasteiger partial charge in [-0.3, -0.25) is 4.79 Å². The van der Waals surface area contributed by atoms with Gasteiger partial charge in [-0.2, -0.15) is 0 Å². The van der Waals surface area contributed by atoms with Crippen molar-refractivity contribution >= 4 is 17.8 Å². The number of nitrogens with one attached hydrogen (secondary N) is 1. The van der Waals surface area contributed by atoms with Crippen LogP contribution in [0.1, 0.15) is 60.6 Å². The molecule has 8 heteroatoms. The van der Waals surface area contributed by atoms with Crippen LogP contribution in [0.5, 0.6) is 0 Å². The number of esters is 1. The van der Waals surface area contributed by atoms with Gasteiger partial charge in [0.1, 0.15) is 11.9 Å². The summed E-state index contributed by atoms with van der Waals surface area (Å²) < 4.78 is 28.5. The average molecular weight is 443 g/mol. The molecule has 2 rings (SSSR count). The summed E-state index contributed by atoms with van der Waals surface area (Å²) in [6, 6.07) is 0. The molecule has 0 spiro atoms. The highest BCUT2D eigenvalue weighted by atomic mass is 16.6. The Labute approximate surface area is 188 Å². The fourth-order valence-corrected chi connectivity index (χ4v) is 3.72. The number of aliphatic hydroxyl groups excluding tert-OH is 1. The molecule has 0 aliphatic heterocycles. The van der Waals surface area contributed by atoms with Gasteiger partial charge in [0.05, 0.1) is 26.2 Å². The Hall–Kier alpha value is -2.11. The minimum atomic E-state index is -0.712. The second-order valence-corrected chi connectivity index (χ2v) is 7.86. The number of fused-ring (bicyclic) bond motifs is 1. The number of amides is 1. The van der Waals surface area contributed by atoms with E-state index in [-0.39, 0.29) is 31.8 Å². The Morgan fingerprint density at radius 1 is 1.26 bits per heavy atom. The summed E-state index contributed by atoms with van der Waals surface area (Å²) in [5, 5.41) is 6.99. The van der Waals surface area contributed by atoms with E-state index in [9.17, 15) is 14.4 Å². The van der Waals surface area contributed by atoms with Crippen molar-refractivity contribution in [3.8, 4) is 11.8 Å². The molecular weight excluding hydrogens is 402 g/mol. The van der Waals surface area contributed by atoms with Crippen molar-refractivity contribution in [2.24, 2.45) is 17.8 Å². The molecule has 4 atom stereocenters. The number of aliphatic hydroxyl groups is 1. The largest absolute Gasteiger partial charge is 0.457 e. The van der Waals surface area contributed by atoms with E-state index in [0.29, 0.717) is 43.9 Å². The summed E-state index contributed by atoms with van der Waals surface area (Å²) in [6.45, 7) is 2.56. The molecule has 0 radical (unpaired) electrons. The van der Waals surface area contributed by atoms with Gasteiger partial charge in [-0.25, -0.2) is 4.79 Å². The van der Waals surface area contributed by atoms with Crippen molar-refractivity contribution in [3.63, 3.8) is 0 Å². The van der Waals surface area contributed by atoms with Crippen molar-refractivity contribution < 1.29 is 35.1 Å². The van der Waals surface area contributed by atoms with Crippen LogP contribution < -0.4 is 5.32 Å². The van der Waals surface area contributed by atoms with Gasteiger partial charge in [-0.15, -0.1) is 11.8 Å². The first-order valence-electron chi connectivity index (χ1n) is 12.1. The van der Waals surface area contributed by atoms with E-state index in [2.05, 4.69) is 22.3 Å². The number of ether oxygens (including phenoxy) is 3. The molecule has 2 aliphatic carbocycles. The van der Waals surface area contributed by atoms with Crippen LogP contribution in [0, 0.1) is 29.6 Å². The van der Waals surface area contributed by atoms with Gasteiger partial charge >= 0.3 is 12.1 Å². The summed E-state index contributed by atoms with van der Waals surface area (Å²) in [7, 11) is 1.25. The smallest absolute Gasteiger partial charge is 0.407 e. The molecule has 176 valence electrons. The molecule has 0 saturated heterocycles. The molecule has 2 aliphatic rings. The maximum Gasteiger partial charge on any atom is 0.407 e. The monoisotopic (exact) mass is 442 g/mol. The lowest BCUT2D eigenvalue weighted by molar-refractivity contribution is -0.155. The predicted molar refractivity (Wildman–Crippen MR) is 115 cm³/mol. The molecule has 2 unspecified atom stereocenters. The predicted octanol–water partition coefficient (Wildman–Crippen LogP) is 2.47. The van der Waals surface area contributed by atoms with E-state index < -0.39 is 18.2 Å². The second-order valence-electron chi connectivity index (χ2n) is 7.86. The third-order valence-corrected chi connectivity index (χ3v) is 5.45. The Bertz CT molecular complexity index is 647. The zero-order valence-electron chi connectivity index (χ0n) is 20.7. The summed E-state index contributed by atoms with van der Waals surface area (Å²) in [6.07, 6.45) is 3.62. The number of ketones is 1. The zero-order chi connectivity index (χ0) is 24.5. The van der Waals surface area contributed by atoms with E-state index in [1.54, 1.807) is 0 Å². The van der Waals surface area contributed by atoms with E-state index in [0.717, 1.165) is 25.7 Å². The fraction of sp³-hybridized carbons (Fsp3) is 0.783. The van der Waals surface area contributed by atoms with Gasteiger partial charge in [0, 0.05) is 33.8 Å². The van der Waals surface area contributed by atoms with Crippen molar-refractivity contribution in [1.82, 2.24) is 5.32 Å². The van der Waals surface area contributed by atoms with E-state index in [1.165, 1.54) is 14.3 Å². The van der Waals surface area contributed by atoms with E-state index in [4.69, 9.17) is 17.0 Å². The van der Waals surface area contributed by atoms with Crippen LogP contribution in [-0.2, 0) is 23.8 Å². The van der Waals surface area contributed by atoms with Crippen LogP contribution in [0.3, 0.4) is 0 Å². The molecule has 0 aromatic heterocycles. The van der Waals surface area contributed by atoms with Crippen molar-refractivity contribution in [2.45, 2.75) is 65.4 Å². The second kappa shape index (κ2) is 14.8. The normalized spacial score (nSPS) is 22.8. The molecule has 0 heterocycles. The van der Waals surface area contributed by atoms with E-state index >= 15 is 0 Å². The number of alkyl carbamates (subject to hydrolysis) is 1. The van der Waals surface area contributed by atoms with Gasteiger partial charge in [0.15, 0.2) is 0 Å². The summed E-state index contributed by atoms with van der Waals surface area (Å²) in [4.78, 5) is 34.4. The molecule has 0 aromatic carbocycles. The summed E-state index contributed by atoms with van der Waals surface area (Å²) >= 11 is 0. The standard InChI is InChI=1S/C22H33NO7.CH4/c1-16(25)9-10-21(26)30-17(13-24)14-28-12-6-11-23-22(27)29-15-20-18-7-4-2-3-5-8-19(18)20;/h17-20,24H,4-15H2,1H3,(H,23,27);1H4/t17?,18-,19+,20?;/i24D;1T. The van der Waals surface area contributed by atoms with Crippen LogP contribution >= 0.6 is 0 Å². The topological polar surface area (TPSA) is 111 Å². The first kappa shape index (κ1) is 23.6.